The van der Waals surface area contributed by atoms with Gasteiger partial charge in [-0.15, -0.1) is 0 Å². The topological polar surface area (TPSA) is 51.5 Å². The lowest BCUT2D eigenvalue weighted by Gasteiger charge is -2.14. The largest absolute Gasteiger partial charge is 0.448 e. The molecule has 4 nitrogen and oxygen atoms in total. The Labute approximate surface area is 133 Å². The van der Waals surface area contributed by atoms with Crippen molar-refractivity contribution in [1.82, 2.24) is 0 Å². The molecule has 1 N–H and O–H groups in total. The van der Waals surface area contributed by atoms with Crippen molar-refractivity contribution in [2.45, 2.75) is 5.92 Å². The Bertz CT molecular complexity index is 794. The molecule has 1 aromatic heterocycles. The third-order valence-corrected chi connectivity index (χ3v) is 4.09. The molecule has 0 bridgehead atoms. The second-order valence-electron chi connectivity index (χ2n) is 5.43. The summed E-state index contributed by atoms with van der Waals surface area (Å²) in [5.41, 5.74) is 4.81. The van der Waals surface area contributed by atoms with E-state index in [4.69, 9.17) is 9.15 Å². The van der Waals surface area contributed by atoms with Crippen LogP contribution in [0.4, 0.5) is 10.7 Å². The first-order valence-corrected chi connectivity index (χ1v) is 7.48. The highest BCUT2D eigenvalue weighted by molar-refractivity contribution is 5.83. The second kappa shape index (κ2) is 5.65. The number of anilines is 1. The normalized spacial score (nSPS) is 12.5. The summed E-state index contributed by atoms with van der Waals surface area (Å²) < 4.78 is 10.5. The molecule has 0 atom stereocenters. The molecule has 0 fully saturated rings. The molecule has 0 unspecified atom stereocenters. The van der Waals surface area contributed by atoms with E-state index in [1.165, 1.54) is 28.5 Å². The maximum atomic E-state index is 11.9. The molecule has 0 radical (unpaired) electrons. The number of ether oxygens (including phenoxy) is 1. The van der Waals surface area contributed by atoms with Crippen molar-refractivity contribution in [2.75, 3.05) is 11.9 Å². The molecule has 3 aromatic rings. The van der Waals surface area contributed by atoms with E-state index < -0.39 is 6.09 Å². The van der Waals surface area contributed by atoms with Crippen LogP contribution in [0.1, 0.15) is 17.0 Å². The number of fused-ring (bicyclic) bond motifs is 3. The van der Waals surface area contributed by atoms with E-state index in [1.807, 2.05) is 24.3 Å². The summed E-state index contributed by atoms with van der Waals surface area (Å²) >= 11 is 0. The molecule has 0 aliphatic heterocycles. The van der Waals surface area contributed by atoms with E-state index in [1.54, 1.807) is 12.1 Å². The van der Waals surface area contributed by atoms with Crippen molar-refractivity contribution in [1.29, 1.82) is 0 Å². The van der Waals surface area contributed by atoms with Gasteiger partial charge in [-0.05, 0) is 28.3 Å². The van der Waals surface area contributed by atoms with E-state index in [9.17, 15) is 4.79 Å². The van der Waals surface area contributed by atoms with Gasteiger partial charge in [-0.3, -0.25) is 5.32 Å². The lowest BCUT2D eigenvalue weighted by molar-refractivity contribution is 0.157. The monoisotopic (exact) mass is 305 g/mol. The minimum absolute atomic E-state index is 0.0600. The quantitative estimate of drug-likeness (QED) is 0.767. The predicted octanol–water partition coefficient (Wildman–Crippen LogP) is 4.64. The van der Waals surface area contributed by atoms with Crippen LogP contribution in [0, 0.1) is 0 Å². The van der Waals surface area contributed by atoms with Crippen LogP contribution in [0.25, 0.3) is 11.1 Å². The van der Waals surface area contributed by atoms with E-state index >= 15 is 0 Å². The van der Waals surface area contributed by atoms with Gasteiger partial charge >= 0.3 is 6.09 Å². The number of nitrogens with one attached hydrogen (secondary N) is 1. The molecule has 1 heterocycles. The number of hydrogen-bond donors (Lipinski definition) is 1. The van der Waals surface area contributed by atoms with Crippen LogP contribution in [-0.2, 0) is 4.74 Å². The fraction of sp³-hybridized carbons (Fsp3) is 0.105. The van der Waals surface area contributed by atoms with Crippen LogP contribution >= 0.6 is 0 Å². The molecule has 0 saturated carbocycles. The maximum Gasteiger partial charge on any atom is 0.414 e. The third-order valence-electron chi connectivity index (χ3n) is 4.09. The Morgan fingerprint density at radius 3 is 2.22 bits per heavy atom. The van der Waals surface area contributed by atoms with E-state index in [-0.39, 0.29) is 5.92 Å². The van der Waals surface area contributed by atoms with Crippen LogP contribution in [0.2, 0.25) is 0 Å². The van der Waals surface area contributed by atoms with E-state index in [0.717, 1.165) is 0 Å². The van der Waals surface area contributed by atoms with Gasteiger partial charge in [0, 0.05) is 12.0 Å². The molecule has 4 heteroatoms. The van der Waals surface area contributed by atoms with Gasteiger partial charge in [0.25, 0.3) is 0 Å². The number of amides is 1. The van der Waals surface area contributed by atoms with Crippen molar-refractivity contribution in [3.63, 3.8) is 0 Å². The Balaban J connectivity index is 1.54. The number of hydrogen-bond acceptors (Lipinski definition) is 3. The predicted molar refractivity (Wildman–Crippen MR) is 87.4 cm³/mol. The number of furan rings is 1. The van der Waals surface area contributed by atoms with Crippen molar-refractivity contribution >= 4 is 12.0 Å². The number of rotatable bonds is 3. The molecule has 2 aromatic carbocycles. The summed E-state index contributed by atoms with van der Waals surface area (Å²) in [6, 6.07) is 19.9. The molecule has 1 amide bonds. The molecule has 0 spiro atoms. The van der Waals surface area contributed by atoms with Gasteiger partial charge in [0.05, 0.1) is 6.26 Å². The first-order chi connectivity index (χ1) is 11.3. The van der Waals surface area contributed by atoms with Gasteiger partial charge in [-0.1, -0.05) is 48.5 Å². The summed E-state index contributed by atoms with van der Waals surface area (Å²) in [5, 5.41) is 2.57. The Morgan fingerprint density at radius 2 is 1.61 bits per heavy atom. The molecule has 4 rings (SSSR count). The minimum Gasteiger partial charge on any atom is -0.448 e. The fourth-order valence-electron chi connectivity index (χ4n) is 3.08. The first-order valence-electron chi connectivity index (χ1n) is 7.48. The van der Waals surface area contributed by atoms with Crippen molar-refractivity contribution in [2.24, 2.45) is 0 Å². The maximum absolute atomic E-state index is 11.9. The lowest BCUT2D eigenvalue weighted by Crippen LogP contribution is -2.17. The summed E-state index contributed by atoms with van der Waals surface area (Å²) in [6.45, 7) is 0.292. The average Bonchev–Trinajstić information content (AvgIpc) is 3.19. The van der Waals surface area contributed by atoms with Crippen LogP contribution < -0.4 is 5.32 Å². The van der Waals surface area contributed by atoms with Gasteiger partial charge in [-0.2, -0.15) is 0 Å². The summed E-state index contributed by atoms with van der Waals surface area (Å²) in [7, 11) is 0. The molecular weight excluding hydrogens is 290 g/mol. The highest BCUT2D eigenvalue weighted by Gasteiger charge is 2.28. The molecule has 23 heavy (non-hydrogen) atoms. The summed E-state index contributed by atoms with van der Waals surface area (Å²) in [5.74, 6) is 0.437. The molecule has 114 valence electrons. The molecule has 1 aliphatic rings. The molecular formula is C19H15NO3. The number of benzene rings is 2. The zero-order valence-corrected chi connectivity index (χ0v) is 12.4. The lowest BCUT2D eigenvalue weighted by atomic mass is 9.98. The van der Waals surface area contributed by atoms with Gasteiger partial charge in [0.1, 0.15) is 6.61 Å². The second-order valence-corrected chi connectivity index (χ2v) is 5.43. The average molecular weight is 305 g/mol. The zero-order chi connectivity index (χ0) is 15.6. The fourth-order valence-corrected chi connectivity index (χ4v) is 3.08. The van der Waals surface area contributed by atoms with Gasteiger partial charge in [0.15, 0.2) is 0 Å². The van der Waals surface area contributed by atoms with Crippen LogP contribution in [0.3, 0.4) is 0 Å². The van der Waals surface area contributed by atoms with Crippen LogP contribution in [0.15, 0.2) is 71.3 Å². The SMILES string of the molecule is O=C(Nc1ccco1)OCC1c2ccccc2-c2ccccc21. The van der Waals surface area contributed by atoms with Gasteiger partial charge in [-0.25, -0.2) is 4.79 Å². The third kappa shape index (κ3) is 2.48. The first kappa shape index (κ1) is 13.6. The van der Waals surface area contributed by atoms with Crippen LogP contribution in [-0.4, -0.2) is 12.7 Å². The highest BCUT2D eigenvalue weighted by atomic mass is 16.6. The number of carbonyl (C=O) groups is 1. The standard InChI is InChI=1S/C19H15NO3/c21-19(20-18-10-5-11-22-18)23-12-17-15-8-3-1-6-13(15)14-7-2-4-9-16(14)17/h1-11,17H,12H2,(H,20,21). The van der Waals surface area contributed by atoms with Crippen molar-refractivity contribution in [3.8, 4) is 11.1 Å². The van der Waals surface area contributed by atoms with E-state index in [2.05, 4.69) is 29.6 Å². The minimum atomic E-state index is -0.512. The molecule has 0 saturated heterocycles. The van der Waals surface area contributed by atoms with Crippen molar-refractivity contribution in [3.05, 3.63) is 78.1 Å². The Hall–Kier alpha value is -3.01. The van der Waals surface area contributed by atoms with Crippen LogP contribution in [0.5, 0.6) is 0 Å². The summed E-state index contributed by atoms with van der Waals surface area (Å²) in [6.07, 6.45) is 0.987. The Kier molecular flexibility index (Phi) is 3.35. The van der Waals surface area contributed by atoms with E-state index in [0.29, 0.717) is 12.5 Å². The Morgan fingerprint density at radius 1 is 0.957 bits per heavy atom. The zero-order valence-electron chi connectivity index (χ0n) is 12.4. The number of carbonyl (C=O) groups excluding carboxylic acids is 1. The van der Waals surface area contributed by atoms with Crippen molar-refractivity contribution < 1.29 is 13.9 Å². The molecule has 1 aliphatic carbocycles. The summed E-state index contributed by atoms with van der Waals surface area (Å²) in [4.78, 5) is 11.9. The highest BCUT2D eigenvalue weighted by Crippen LogP contribution is 2.44. The smallest absolute Gasteiger partial charge is 0.414 e. The van der Waals surface area contributed by atoms with Gasteiger partial charge in [0.2, 0.25) is 5.88 Å². The van der Waals surface area contributed by atoms with Gasteiger partial charge < -0.3 is 9.15 Å².